The fraction of sp³-hybridized carbons (Fsp3) is 0.143. The van der Waals surface area contributed by atoms with E-state index in [0.717, 1.165) is 0 Å². The van der Waals surface area contributed by atoms with Crippen molar-refractivity contribution >= 4 is 11.6 Å². The number of benzene rings is 1. The van der Waals surface area contributed by atoms with Crippen LogP contribution in [0.25, 0.3) is 0 Å². The summed E-state index contributed by atoms with van der Waals surface area (Å²) in [6, 6.07) is 10.4. The van der Waals surface area contributed by atoms with E-state index in [-0.39, 0.29) is 5.91 Å². The summed E-state index contributed by atoms with van der Waals surface area (Å²) < 4.78 is 5.64. The average Bonchev–Trinajstić information content (AvgIpc) is 2.38. The second-order valence-corrected chi connectivity index (χ2v) is 4.25. The van der Waals surface area contributed by atoms with Crippen molar-refractivity contribution < 1.29 is 9.53 Å². The Morgan fingerprint density at radius 2 is 1.95 bits per heavy atom. The van der Waals surface area contributed by atoms with Gasteiger partial charge in [0.05, 0.1) is 0 Å². The van der Waals surface area contributed by atoms with Crippen LogP contribution in [-0.4, -0.2) is 29.9 Å². The first-order valence-electron chi connectivity index (χ1n) is 5.77. The van der Waals surface area contributed by atoms with Gasteiger partial charge in [-0.25, -0.2) is 0 Å². The molecule has 0 radical (unpaired) electrons. The zero-order valence-corrected chi connectivity index (χ0v) is 10.8. The van der Waals surface area contributed by atoms with Crippen molar-refractivity contribution in [2.75, 3.05) is 19.8 Å². The molecule has 0 spiro atoms. The molecule has 98 valence electrons. The molecule has 0 bridgehead atoms. The van der Waals surface area contributed by atoms with E-state index in [9.17, 15) is 4.79 Å². The van der Waals surface area contributed by atoms with Gasteiger partial charge >= 0.3 is 0 Å². The number of nitrogens with two attached hydrogens (primary N) is 1. The lowest BCUT2D eigenvalue weighted by Gasteiger charge is -2.11. The van der Waals surface area contributed by atoms with Crippen LogP contribution in [0.15, 0.2) is 42.6 Å². The maximum atomic E-state index is 11.8. The fourth-order valence-corrected chi connectivity index (χ4v) is 1.53. The van der Waals surface area contributed by atoms with Gasteiger partial charge in [-0.15, -0.1) is 0 Å². The first kappa shape index (κ1) is 12.9. The molecule has 2 rings (SSSR count). The van der Waals surface area contributed by atoms with Crippen LogP contribution in [0.1, 0.15) is 10.5 Å². The molecule has 0 saturated heterocycles. The number of hydrogen-bond donors (Lipinski definition) is 1. The van der Waals surface area contributed by atoms with E-state index >= 15 is 0 Å². The van der Waals surface area contributed by atoms with E-state index in [1.807, 2.05) is 0 Å². The van der Waals surface area contributed by atoms with Gasteiger partial charge in [-0.1, -0.05) is 6.07 Å². The summed E-state index contributed by atoms with van der Waals surface area (Å²) >= 11 is 0. The van der Waals surface area contributed by atoms with Crippen molar-refractivity contribution in [1.82, 2.24) is 9.88 Å². The highest BCUT2D eigenvalue weighted by Crippen LogP contribution is 2.23. The van der Waals surface area contributed by atoms with E-state index in [1.54, 1.807) is 56.7 Å². The number of hydrogen-bond acceptors (Lipinski definition) is 4. The standard InChI is InChI=1S/C14H15N3O2/c1-17(2)14(18)13-9-12(6-7-16-13)19-11-5-3-4-10(15)8-11/h3-9H,15H2,1-2H3. The summed E-state index contributed by atoms with van der Waals surface area (Å²) in [6.45, 7) is 0. The number of ether oxygens (including phenoxy) is 1. The second-order valence-electron chi connectivity index (χ2n) is 4.25. The third-order valence-electron chi connectivity index (χ3n) is 2.45. The molecule has 5 heteroatoms. The Bertz CT molecular complexity index is 597. The van der Waals surface area contributed by atoms with Crippen LogP contribution in [0, 0.1) is 0 Å². The van der Waals surface area contributed by atoms with Gasteiger partial charge in [0.15, 0.2) is 0 Å². The van der Waals surface area contributed by atoms with Crippen LogP contribution in [0.2, 0.25) is 0 Å². The smallest absolute Gasteiger partial charge is 0.272 e. The molecular formula is C14H15N3O2. The minimum atomic E-state index is -0.168. The molecular weight excluding hydrogens is 242 g/mol. The molecule has 0 aliphatic carbocycles. The van der Waals surface area contributed by atoms with Crippen LogP contribution >= 0.6 is 0 Å². The quantitative estimate of drug-likeness (QED) is 0.855. The minimum absolute atomic E-state index is 0.168. The molecule has 0 aliphatic heterocycles. The lowest BCUT2D eigenvalue weighted by Crippen LogP contribution is -2.22. The van der Waals surface area contributed by atoms with E-state index in [0.29, 0.717) is 22.9 Å². The molecule has 1 aromatic heterocycles. The largest absolute Gasteiger partial charge is 0.457 e. The molecule has 1 aromatic carbocycles. The second kappa shape index (κ2) is 5.39. The summed E-state index contributed by atoms with van der Waals surface area (Å²) in [4.78, 5) is 17.3. The number of pyridine rings is 1. The first-order valence-corrected chi connectivity index (χ1v) is 5.77. The van der Waals surface area contributed by atoms with E-state index in [4.69, 9.17) is 10.5 Å². The van der Waals surface area contributed by atoms with Crippen LogP contribution in [0.5, 0.6) is 11.5 Å². The monoisotopic (exact) mass is 257 g/mol. The predicted molar refractivity (Wildman–Crippen MR) is 73.2 cm³/mol. The van der Waals surface area contributed by atoms with Gasteiger partial charge in [0.2, 0.25) is 0 Å². The van der Waals surface area contributed by atoms with Gasteiger partial charge in [-0.3, -0.25) is 9.78 Å². The van der Waals surface area contributed by atoms with Crippen LogP contribution in [0.4, 0.5) is 5.69 Å². The third kappa shape index (κ3) is 3.22. The van der Waals surface area contributed by atoms with Gasteiger partial charge in [-0.05, 0) is 18.2 Å². The summed E-state index contributed by atoms with van der Waals surface area (Å²) in [5, 5.41) is 0. The average molecular weight is 257 g/mol. The number of amides is 1. The summed E-state index contributed by atoms with van der Waals surface area (Å²) in [5.74, 6) is 0.998. The summed E-state index contributed by atoms with van der Waals surface area (Å²) in [7, 11) is 3.35. The van der Waals surface area contributed by atoms with Crippen molar-refractivity contribution in [3.63, 3.8) is 0 Å². The molecule has 0 aliphatic rings. The van der Waals surface area contributed by atoms with E-state index in [2.05, 4.69) is 4.98 Å². The Labute approximate surface area is 111 Å². The third-order valence-corrected chi connectivity index (χ3v) is 2.45. The maximum Gasteiger partial charge on any atom is 0.272 e. The summed E-state index contributed by atoms with van der Waals surface area (Å²) in [5.41, 5.74) is 6.64. The Hall–Kier alpha value is -2.56. The Morgan fingerprint density at radius 1 is 1.21 bits per heavy atom. The molecule has 0 atom stereocenters. The number of nitrogen functional groups attached to an aromatic ring is 1. The van der Waals surface area contributed by atoms with Crippen LogP contribution < -0.4 is 10.5 Å². The van der Waals surface area contributed by atoms with E-state index < -0.39 is 0 Å². The van der Waals surface area contributed by atoms with Crippen LogP contribution in [-0.2, 0) is 0 Å². The molecule has 0 unspecified atom stereocenters. The maximum absolute atomic E-state index is 11.8. The number of anilines is 1. The summed E-state index contributed by atoms with van der Waals surface area (Å²) in [6.07, 6.45) is 1.54. The zero-order valence-electron chi connectivity index (χ0n) is 10.8. The van der Waals surface area contributed by atoms with E-state index in [1.165, 1.54) is 4.90 Å². The molecule has 19 heavy (non-hydrogen) atoms. The number of nitrogens with zero attached hydrogens (tertiary/aromatic N) is 2. The van der Waals surface area contributed by atoms with Gasteiger partial charge in [0.1, 0.15) is 17.2 Å². The first-order chi connectivity index (χ1) is 9.06. The number of aromatic nitrogens is 1. The van der Waals surface area contributed by atoms with Gasteiger partial charge in [0.25, 0.3) is 5.91 Å². The van der Waals surface area contributed by atoms with Crippen molar-refractivity contribution in [3.05, 3.63) is 48.3 Å². The highest BCUT2D eigenvalue weighted by atomic mass is 16.5. The normalized spacial score (nSPS) is 10.0. The molecule has 2 N–H and O–H groups in total. The lowest BCUT2D eigenvalue weighted by atomic mass is 10.3. The van der Waals surface area contributed by atoms with Crippen molar-refractivity contribution in [3.8, 4) is 11.5 Å². The highest BCUT2D eigenvalue weighted by molar-refractivity contribution is 5.92. The van der Waals surface area contributed by atoms with Crippen LogP contribution in [0.3, 0.4) is 0 Å². The Morgan fingerprint density at radius 3 is 2.63 bits per heavy atom. The molecule has 1 heterocycles. The Kier molecular flexibility index (Phi) is 3.66. The topological polar surface area (TPSA) is 68.5 Å². The molecule has 0 fully saturated rings. The molecule has 2 aromatic rings. The predicted octanol–water partition coefficient (Wildman–Crippen LogP) is 2.16. The highest BCUT2D eigenvalue weighted by Gasteiger charge is 2.10. The fourth-order valence-electron chi connectivity index (χ4n) is 1.53. The SMILES string of the molecule is CN(C)C(=O)c1cc(Oc2cccc(N)c2)ccn1. The zero-order chi connectivity index (χ0) is 13.8. The lowest BCUT2D eigenvalue weighted by molar-refractivity contribution is 0.0821. The Balaban J connectivity index is 2.22. The molecule has 5 nitrogen and oxygen atoms in total. The van der Waals surface area contributed by atoms with Gasteiger partial charge < -0.3 is 15.4 Å². The van der Waals surface area contributed by atoms with Gasteiger partial charge in [-0.2, -0.15) is 0 Å². The minimum Gasteiger partial charge on any atom is -0.457 e. The van der Waals surface area contributed by atoms with Crippen molar-refractivity contribution in [2.45, 2.75) is 0 Å². The van der Waals surface area contributed by atoms with Gasteiger partial charge in [0, 0.05) is 38.1 Å². The number of rotatable bonds is 3. The number of carbonyl (C=O) groups is 1. The van der Waals surface area contributed by atoms with Crippen molar-refractivity contribution in [1.29, 1.82) is 0 Å². The molecule has 0 saturated carbocycles. The van der Waals surface area contributed by atoms with Crippen molar-refractivity contribution in [2.24, 2.45) is 0 Å². The molecule has 1 amide bonds. The number of carbonyl (C=O) groups excluding carboxylic acids is 1.